The summed E-state index contributed by atoms with van der Waals surface area (Å²) >= 11 is 0. The van der Waals surface area contributed by atoms with Gasteiger partial charge in [-0.3, -0.25) is 9.59 Å². The summed E-state index contributed by atoms with van der Waals surface area (Å²) in [5.41, 5.74) is -0.806. The van der Waals surface area contributed by atoms with Crippen molar-refractivity contribution in [3.05, 3.63) is 23.8 Å². The van der Waals surface area contributed by atoms with E-state index in [1.54, 1.807) is 59.7 Å². The number of methoxy groups -OCH3 is 2. The van der Waals surface area contributed by atoms with E-state index in [-0.39, 0.29) is 31.7 Å². The van der Waals surface area contributed by atoms with Crippen molar-refractivity contribution in [1.82, 2.24) is 4.90 Å². The summed E-state index contributed by atoms with van der Waals surface area (Å²) in [7, 11) is 6.43. The Hall–Kier alpha value is -2.27. The van der Waals surface area contributed by atoms with Gasteiger partial charge in [-0.25, -0.2) is 0 Å². The number of carbonyl (C=O) groups excluding carboxylic acids is 3. The van der Waals surface area contributed by atoms with Gasteiger partial charge in [-0.1, -0.05) is 38.5 Å². The predicted octanol–water partition coefficient (Wildman–Crippen LogP) is 1.83. The van der Waals surface area contributed by atoms with Gasteiger partial charge in [-0.2, -0.15) is 0 Å². The van der Waals surface area contributed by atoms with E-state index in [9.17, 15) is 39.9 Å². The van der Waals surface area contributed by atoms with E-state index >= 15 is 0 Å². The number of hydrogen-bond acceptors (Lipinski definition) is 18. The first-order valence-corrected chi connectivity index (χ1v) is 22.7. The van der Waals surface area contributed by atoms with Crippen molar-refractivity contribution in [2.75, 3.05) is 34.9 Å². The molecule has 21 atom stereocenters. The van der Waals surface area contributed by atoms with Gasteiger partial charge in [0.2, 0.25) is 0 Å². The Morgan fingerprint density at radius 3 is 2.11 bits per heavy atom. The van der Waals surface area contributed by atoms with Gasteiger partial charge < -0.3 is 77.9 Å². The molecular weight excluding hydrogens is 838 g/mol. The van der Waals surface area contributed by atoms with Gasteiger partial charge in [0.25, 0.3) is 0 Å². The number of rotatable bonds is 13. The lowest BCUT2D eigenvalue weighted by atomic mass is 9.79. The summed E-state index contributed by atoms with van der Waals surface area (Å²) in [6.07, 6.45) is -8.49. The van der Waals surface area contributed by atoms with Gasteiger partial charge in [-0.05, 0) is 73.5 Å². The van der Waals surface area contributed by atoms with Crippen LogP contribution in [0.25, 0.3) is 0 Å². The van der Waals surface area contributed by atoms with Crippen molar-refractivity contribution in [2.45, 2.75) is 191 Å². The lowest BCUT2D eigenvalue weighted by molar-refractivity contribution is -0.341. The van der Waals surface area contributed by atoms with E-state index in [4.69, 9.17) is 42.6 Å². The van der Waals surface area contributed by atoms with Crippen molar-refractivity contribution < 1.29 is 82.5 Å². The zero-order chi connectivity index (χ0) is 47.8. The number of ketones is 1. The van der Waals surface area contributed by atoms with Crippen molar-refractivity contribution in [1.29, 1.82) is 0 Å². The Labute approximate surface area is 378 Å². The molecular formula is C46H77NO17. The van der Waals surface area contributed by atoms with Crippen LogP contribution in [-0.2, 0) is 57.0 Å². The van der Waals surface area contributed by atoms with Crippen molar-refractivity contribution in [3.63, 3.8) is 0 Å². The highest BCUT2D eigenvalue weighted by atomic mass is 16.7. The summed E-state index contributed by atoms with van der Waals surface area (Å²) in [4.78, 5) is 41.5. The molecule has 0 aliphatic carbocycles. The number of esters is 1. The van der Waals surface area contributed by atoms with E-state index in [0.717, 1.165) is 6.29 Å². The lowest BCUT2D eigenvalue weighted by Gasteiger charge is -2.50. The molecule has 3 fully saturated rings. The molecule has 0 spiro atoms. The van der Waals surface area contributed by atoms with Gasteiger partial charge in [-0.15, -0.1) is 0 Å². The average Bonchev–Trinajstić information content (AvgIpc) is 3.23. The van der Waals surface area contributed by atoms with Crippen LogP contribution in [0.1, 0.15) is 87.5 Å². The molecule has 4 aliphatic heterocycles. The fourth-order valence-corrected chi connectivity index (χ4v) is 9.51. The topological polar surface area (TPSA) is 239 Å². The third-order valence-corrected chi connectivity index (χ3v) is 13.4. The predicted molar refractivity (Wildman–Crippen MR) is 230 cm³/mol. The van der Waals surface area contributed by atoms with Crippen LogP contribution in [0.3, 0.4) is 0 Å². The molecule has 0 saturated carbocycles. The molecule has 64 heavy (non-hydrogen) atoms. The van der Waals surface area contributed by atoms with Crippen molar-refractivity contribution in [3.8, 4) is 0 Å². The second-order valence-electron chi connectivity index (χ2n) is 18.7. The molecule has 4 heterocycles. The Morgan fingerprint density at radius 2 is 1.52 bits per heavy atom. The maximum atomic E-state index is 13.8. The van der Waals surface area contributed by atoms with Gasteiger partial charge in [0, 0.05) is 44.8 Å². The van der Waals surface area contributed by atoms with E-state index in [2.05, 4.69) is 0 Å². The molecule has 5 unspecified atom stereocenters. The largest absolute Gasteiger partial charge is 0.462 e. The summed E-state index contributed by atoms with van der Waals surface area (Å²) in [6, 6.07) is -0.748. The number of aliphatic hydroxyl groups excluding tert-OH is 4. The van der Waals surface area contributed by atoms with Crippen molar-refractivity contribution >= 4 is 18.0 Å². The maximum Gasteiger partial charge on any atom is 0.308 e. The van der Waals surface area contributed by atoms with Crippen LogP contribution in [0.5, 0.6) is 0 Å². The number of carbonyl (C=O) groups is 3. The molecule has 0 bridgehead atoms. The van der Waals surface area contributed by atoms with Crippen molar-refractivity contribution in [2.24, 2.45) is 23.7 Å². The first kappa shape index (κ1) is 54.3. The Morgan fingerprint density at radius 1 is 0.859 bits per heavy atom. The standard InChI is InChI=1S/C46H77NO17/c1-13-33-30(22-58-45-42(57-12)41(56-11)37(52)26(5)60-45)18-23(2)14-15-31(49)24(3)19-29(16-17-48)39(25(4)32(50)20-34(51)62-33)64-44-38(53)36(47(9)10)40(27(6)61-44)63-35-21-46(8,55)43(54)28(7)59-35/h14-15,17-18,24-30,32-33,35-45,50,52-55H,13,16,19-22H2,1-12H3/b15-14+,23-18+/t24-,25+,26-,27?,28+,29-,30-,32-,33-,35+,36?,37-,38-,39-,40-,41?,42+,43+,44?,45-,46?/m1/s1. The van der Waals surface area contributed by atoms with Crippen LogP contribution < -0.4 is 0 Å². The number of allylic oxidation sites excluding steroid dienone is 3. The van der Waals surface area contributed by atoms with Crippen LogP contribution in [0, 0.1) is 23.7 Å². The summed E-state index contributed by atoms with van der Waals surface area (Å²) in [5, 5.41) is 55.8. The zero-order valence-electron chi connectivity index (χ0n) is 39.7. The first-order valence-electron chi connectivity index (χ1n) is 22.7. The highest BCUT2D eigenvalue weighted by molar-refractivity contribution is 5.91. The van der Waals surface area contributed by atoms with E-state index in [1.807, 2.05) is 19.9 Å². The summed E-state index contributed by atoms with van der Waals surface area (Å²) in [6.45, 7) is 13.6. The van der Waals surface area contributed by atoms with Gasteiger partial charge in [0.05, 0.1) is 55.2 Å². The van der Waals surface area contributed by atoms with E-state index < -0.39 is 140 Å². The molecule has 18 heteroatoms. The second kappa shape index (κ2) is 24.1. The number of hydrogen-bond donors (Lipinski definition) is 5. The third-order valence-electron chi connectivity index (χ3n) is 13.4. The number of cyclic esters (lactones) is 1. The Bertz CT molecular complexity index is 1560. The molecule has 0 aromatic heterocycles. The van der Waals surface area contributed by atoms with Gasteiger partial charge in [0.1, 0.15) is 49.0 Å². The minimum Gasteiger partial charge on any atom is -0.462 e. The minimum absolute atomic E-state index is 0.00788. The number of ether oxygens (including phenoxy) is 9. The van der Waals surface area contributed by atoms with Gasteiger partial charge >= 0.3 is 5.97 Å². The molecule has 3 saturated heterocycles. The molecule has 368 valence electrons. The number of aliphatic hydroxyl groups is 5. The van der Waals surface area contributed by atoms with Crippen LogP contribution in [0.4, 0.5) is 0 Å². The Balaban J connectivity index is 1.62. The SMILES string of the molecule is CC[C@H]1OC(=O)C[C@@H](O)[C@H](C)[C@@H](OC2OC(C)[C@@H](O[C@H]3CC(C)(O)[C@@H](O)[C@H](C)O3)C(N(C)C)[C@H]2O)[C@H](CC=O)C[C@@H](C)C(=O)/C=C/C(C)=C/[C@@H]1CO[C@@H]1O[C@H](C)[C@@H](O)C(OC)[C@@H]1OC. The molecule has 4 aliphatic rings. The molecule has 0 aromatic rings. The van der Waals surface area contributed by atoms with Gasteiger partial charge in [0.15, 0.2) is 24.7 Å². The fraction of sp³-hybridized carbons (Fsp3) is 0.848. The third kappa shape index (κ3) is 13.5. The maximum absolute atomic E-state index is 13.8. The smallest absolute Gasteiger partial charge is 0.308 e. The number of aldehydes is 1. The monoisotopic (exact) mass is 916 g/mol. The van der Waals surface area contributed by atoms with E-state index in [1.165, 1.54) is 27.2 Å². The zero-order valence-corrected chi connectivity index (χ0v) is 39.7. The fourth-order valence-electron chi connectivity index (χ4n) is 9.51. The molecule has 4 rings (SSSR count). The second-order valence-corrected chi connectivity index (χ2v) is 18.7. The number of likely N-dealkylation sites (N-methyl/N-ethyl adjacent to an activating group) is 1. The van der Waals surface area contributed by atoms with Crippen LogP contribution >= 0.6 is 0 Å². The van der Waals surface area contributed by atoms with Crippen LogP contribution in [0.15, 0.2) is 23.8 Å². The summed E-state index contributed by atoms with van der Waals surface area (Å²) < 4.78 is 54.7. The highest BCUT2D eigenvalue weighted by Crippen LogP contribution is 2.37. The molecule has 0 aromatic carbocycles. The van der Waals surface area contributed by atoms with Crippen LogP contribution in [-0.4, -0.2) is 187 Å². The lowest BCUT2D eigenvalue weighted by Crippen LogP contribution is -2.65. The molecule has 0 amide bonds. The number of nitrogens with zero attached hydrogens (tertiary/aromatic N) is 1. The minimum atomic E-state index is -1.49. The normalized spacial score (nSPS) is 45.9. The Kier molecular flexibility index (Phi) is 20.5. The molecule has 5 N–H and O–H groups in total. The summed E-state index contributed by atoms with van der Waals surface area (Å²) in [5.74, 6) is -3.59. The molecule has 18 nitrogen and oxygen atoms in total. The quantitative estimate of drug-likeness (QED) is 0.131. The van der Waals surface area contributed by atoms with Crippen LogP contribution in [0.2, 0.25) is 0 Å². The van der Waals surface area contributed by atoms with E-state index in [0.29, 0.717) is 12.0 Å². The molecule has 0 radical (unpaired) electrons. The average molecular weight is 916 g/mol. The highest BCUT2D eigenvalue weighted by Gasteiger charge is 2.52. The first-order chi connectivity index (χ1) is 30.1.